The van der Waals surface area contributed by atoms with E-state index in [1.54, 1.807) is 0 Å². The lowest BCUT2D eigenvalue weighted by atomic mass is 9.65. The summed E-state index contributed by atoms with van der Waals surface area (Å²) in [5.41, 5.74) is 0.368. The molecule has 0 aromatic rings. The first kappa shape index (κ1) is 24.8. The lowest BCUT2D eigenvalue weighted by Crippen LogP contribution is -2.33. The molecule has 0 fully saturated rings. The van der Waals surface area contributed by atoms with Crippen LogP contribution in [0.4, 0.5) is 0 Å². The summed E-state index contributed by atoms with van der Waals surface area (Å²) < 4.78 is 0. The predicted octanol–water partition coefficient (Wildman–Crippen LogP) is 8.23. The first-order valence-electron chi connectivity index (χ1n) is 11.7. The highest BCUT2D eigenvalue weighted by atomic mass is 32.2. The topological polar surface area (TPSA) is 17.1 Å². The Morgan fingerprint density at radius 1 is 1.04 bits per heavy atom. The van der Waals surface area contributed by atoms with Gasteiger partial charge in [-0.15, -0.1) is 0 Å². The quantitative estimate of drug-likeness (QED) is 0.149. The summed E-state index contributed by atoms with van der Waals surface area (Å²) in [6.07, 6.45) is 22.9. The first-order chi connectivity index (χ1) is 13.0. The molecule has 0 aromatic carbocycles. The molecule has 0 radical (unpaired) electrons. The minimum absolute atomic E-state index is 0.368. The van der Waals surface area contributed by atoms with Crippen LogP contribution in [0.3, 0.4) is 0 Å². The maximum absolute atomic E-state index is 11.2. The lowest BCUT2D eigenvalue weighted by molar-refractivity contribution is -0.107. The normalized spacial score (nSPS) is 22.7. The summed E-state index contributed by atoms with van der Waals surface area (Å²) in [6.45, 7) is 9.45. The van der Waals surface area contributed by atoms with Gasteiger partial charge in [0, 0.05) is 11.7 Å². The largest absolute Gasteiger partial charge is 0.303 e. The molecule has 27 heavy (non-hydrogen) atoms. The number of aldehydes is 1. The summed E-state index contributed by atoms with van der Waals surface area (Å²) in [5, 5.41) is 0.513. The molecule has 0 spiro atoms. The fourth-order valence-corrected chi connectivity index (χ4v) is 5.84. The van der Waals surface area contributed by atoms with Gasteiger partial charge < -0.3 is 4.79 Å². The molecule has 0 bridgehead atoms. The molecular weight excluding hydrogens is 348 g/mol. The minimum Gasteiger partial charge on any atom is -0.303 e. The Morgan fingerprint density at radius 2 is 1.63 bits per heavy atom. The summed E-state index contributed by atoms with van der Waals surface area (Å²) in [7, 11) is 0. The van der Waals surface area contributed by atoms with Crippen LogP contribution in [0, 0.1) is 17.3 Å². The Hall–Kier alpha value is -0.240. The fourth-order valence-electron chi connectivity index (χ4n) is 4.58. The number of unbranched alkanes of at least 4 members (excludes halogenated alkanes) is 9. The van der Waals surface area contributed by atoms with Crippen molar-refractivity contribution < 1.29 is 4.79 Å². The lowest BCUT2D eigenvalue weighted by Gasteiger charge is -2.41. The molecule has 0 N–H and O–H groups in total. The third-order valence-electron chi connectivity index (χ3n) is 6.45. The van der Waals surface area contributed by atoms with Gasteiger partial charge in [-0.2, -0.15) is 11.8 Å². The highest BCUT2D eigenvalue weighted by molar-refractivity contribution is 7.99. The zero-order valence-electron chi connectivity index (χ0n) is 18.7. The van der Waals surface area contributed by atoms with Crippen LogP contribution in [0.2, 0.25) is 0 Å². The van der Waals surface area contributed by atoms with Crippen molar-refractivity contribution in [2.75, 3.05) is 5.75 Å². The van der Waals surface area contributed by atoms with Crippen LogP contribution < -0.4 is 0 Å². The van der Waals surface area contributed by atoms with Crippen LogP contribution in [0.25, 0.3) is 0 Å². The Kier molecular flexibility index (Phi) is 13.5. The van der Waals surface area contributed by atoms with Crippen LogP contribution >= 0.6 is 11.8 Å². The van der Waals surface area contributed by atoms with Gasteiger partial charge in [0.15, 0.2) is 0 Å². The molecule has 1 aliphatic rings. The minimum atomic E-state index is 0.368. The average Bonchev–Trinajstić information content (AvgIpc) is 2.62. The number of hydrogen-bond acceptors (Lipinski definition) is 2. The second kappa shape index (κ2) is 14.7. The summed E-state index contributed by atoms with van der Waals surface area (Å²) in [4.78, 5) is 11.2. The van der Waals surface area contributed by atoms with Gasteiger partial charge in [0.2, 0.25) is 0 Å². The van der Waals surface area contributed by atoms with E-state index in [1.165, 1.54) is 82.8 Å². The Morgan fingerprint density at radius 3 is 2.19 bits per heavy atom. The zero-order valence-corrected chi connectivity index (χ0v) is 19.5. The van der Waals surface area contributed by atoms with Crippen molar-refractivity contribution in [1.82, 2.24) is 0 Å². The van der Waals surface area contributed by atoms with Gasteiger partial charge in [0.25, 0.3) is 0 Å². The third kappa shape index (κ3) is 10.8. The molecular formula is C25H46OS. The third-order valence-corrected chi connectivity index (χ3v) is 7.83. The number of carbonyl (C=O) groups is 1. The maximum atomic E-state index is 11.2. The zero-order chi connectivity index (χ0) is 20.0. The summed E-state index contributed by atoms with van der Waals surface area (Å²) in [6, 6.07) is 0. The Labute approximate surface area is 174 Å². The van der Waals surface area contributed by atoms with Gasteiger partial charge in [0.05, 0.1) is 0 Å². The molecule has 158 valence electrons. The second-order valence-electron chi connectivity index (χ2n) is 9.40. The summed E-state index contributed by atoms with van der Waals surface area (Å²) in [5.74, 6) is 2.57. The van der Waals surface area contributed by atoms with E-state index in [2.05, 4.69) is 51.6 Å². The molecule has 3 unspecified atom stereocenters. The van der Waals surface area contributed by atoms with Gasteiger partial charge in [0.1, 0.15) is 6.29 Å². The van der Waals surface area contributed by atoms with Crippen molar-refractivity contribution in [3.05, 3.63) is 12.2 Å². The maximum Gasteiger partial charge on any atom is 0.121 e. The molecule has 2 heteroatoms. The van der Waals surface area contributed by atoms with Crippen LogP contribution in [-0.4, -0.2) is 17.3 Å². The standard InChI is InChI=1S/C25H46OS/c1-5-6-7-8-9-10-11-12-13-14-20-27-23(17-19-26)21-24-22(2)16-15-18-25(24,3)4/h15-16,19,22-24H,5-14,17-18,20-21H2,1-4H3. The van der Waals surface area contributed by atoms with E-state index in [1.807, 2.05) is 0 Å². The van der Waals surface area contributed by atoms with Gasteiger partial charge in [-0.3, -0.25) is 0 Å². The van der Waals surface area contributed by atoms with Gasteiger partial charge in [-0.05, 0) is 42.3 Å². The van der Waals surface area contributed by atoms with E-state index in [-0.39, 0.29) is 0 Å². The Bertz CT molecular complexity index is 401. The van der Waals surface area contributed by atoms with Crippen LogP contribution in [-0.2, 0) is 4.79 Å². The van der Waals surface area contributed by atoms with Crippen molar-refractivity contribution in [2.24, 2.45) is 17.3 Å². The van der Waals surface area contributed by atoms with Crippen LogP contribution in [0.15, 0.2) is 12.2 Å². The SMILES string of the molecule is CCCCCCCCCCCCSC(CC=O)CC1C(C)C=CCC1(C)C. The average molecular weight is 395 g/mol. The van der Waals surface area contributed by atoms with E-state index < -0.39 is 0 Å². The molecule has 1 nitrogen and oxygen atoms in total. The van der Waals surface area contributed by atoms with Gasteiger partial charge in [-0.25, -0.2) is 0 Å². The molecule has 0 amide bonds. The number of rotatable bonds is 16. The molecule has 1 rings (SSSR count). The number of thioether (sulfide) groups is 1. The smallest absolute Gasteiger partial charge is 0.121 e. The van der Waals surface area contributed by atoms with Crippen molar-refractivity contribution in [1.29, 1.82) is 0 Å². The van der Waals surface area contributed by atoms with Crippen LogP contribution in [0.5, 0.6) is 0 Å². The molecule has 0 heterocycles. The van der Waals surface area contributed by atoms with E-state index in [4.69, 9.17) is 0 Å². The fraction of sp³-hybridized carbons (Fsp3) is 0.880. The van der Waals surface area contributed by atoms with Crippen molar-refractivity contribution in [2.45, 2.75) is 116 Å². The number of hydrogen-bond donors (Lipinski definition) is 0. The van der Waals surface area contributed by atoms with Crippen molar-refractivity contribution in [3.8, 4) is 0 Å². The van der Waals surface area contributed by atoms with E-state index in [0.717, 1.165) is 12.7 Å². The van der Waals surface area contributed by atoms with Gasteiger partial charge >= 0.3 is 0 Å². The van der Waals surface area contributed by atoms with E-state index in [0.29, 0.717) is 22.5 Å². The second-order valence-corrected chi connectivity index (χ2v) is 10.8. The highest BCUT2D eigenvalue weighted by Crippen LogP contribution is 2.44. The number of allylic oxidation sites excluding steroid dienone is 2. The monoisotopic (exact) mass is 394 g/mol. The number of carbonyl (C=O) groups excluding carboxylic acids is 1. The molecule has 3 atom stereocenters. The van der Waals surface area contributed by atoms with Crippen molar-refractivity contribution in [3.63, 3.8) is 0 Å². The first-order valence-corrected chi connectivity index (χ1v) is 12.8. The molecule has 0 saturated carbocycles. The molecule has 0 aliphatic heterocycles. The van der Waals surface area contributed by atoms with Crippen LogP contribution in [0.1, 0.15) is 111 Å². The van der Waals surface area contributed by atoms with E-state index in [9.17, 15) is 4.79 Å². The van der Waals surface area contributed by atoms with Gasteiger partial charge in [-0.1, -0.05) is 97.6 Å². The highest BCUT2D eigenvalue weighted by Gasteiger charge is 2.35. The van der Waals surface area contributed by atoms with E-state index >= 15 is 0 Å². The molecule has 0 aromatic heterocycles. The Balaban J connectivity index is 2.16. The van der Waals surface area contributed by atoms with Crippen molar-refractivity contribution >= 4 is 18.0 Å². The predicted molar refractivity (Wildman–Crippen MR) is 124 cm³/mol. The molecule has 0 saturated heterocycles. The summed E-state index contributed by atoms with van der Waals surface area (Å²) >= 11 is 2.06. The molecule has 1 aliphatic carbocycles.